The van der Waals surface area contributed by atoms with Crippen molar-refractivity contribution in [3.63, 3.8) is 0 Å². The zero-order chi connectivity index (χ0) is 69.4. The van der Waals surface area contributed by atoms with Crippen molar-refractivity contribution in [3.05, 3.63) is 111 Å². The Kier molecular flexibility index (Phi) is 25.5. The molecule has 0 aromatic heterocycles. The second-order valence-electron chi connectivity index (χ2n) is 22.5. The number of nitro benzene ring substituents is 4. The van der Waals surface area contributed by atoms with Gasteiger partial charge in [-0.25, -0.2) is 9.59 Å². The van der Waals surface area contributed by atoms with Gasteiger partial charge in [-0.1, -0.05) is 27.7 Å². The predicted molar refractivity (Wildman–Crippen MR) is 327 cm³/mol. The van der Waals surface area contributed by atoms with E-state index in [1.165, 1.54) is 64.2 Å². The Labute approximate surface area is 533 Å². The first-order valence-electron chi connectivity index (χ1n) is 28.8. The first-order chi connectivity index (χ1) is 43.7. The molecule has 33 nitrogen and oxygen atoms in total. The van der Waals surface area contributed by atoms with Gasteiger partial charge in [0, 0.05) is 69.8 Å². The molecule has 0 aliphatic carbocycles. The van der Waals surface area contributed by atoms with Gasteiger partial charge in [-0.05, 0) is 24.6 Å². The molecule has 2 saturated heterocycles. The Morgan fingerprint density at radius 3 is 1.06 bits per heavy atom. The van der Waals surface area contributed by atoms with Crippen molar-refractivity contribution in [3.8, 4) is 46.0 Å². The maximum Gasteiger partial charge on any atom is 0.342 e. The van der Waals surface area contributed by atoms with Gasteiger partial charge < -0.3 is 71.8 Å². The van der Waals surface area contributed by atoms with Crippen molar-refractivity contribution in [2.75, 3.05) is 74.6 Å². The number of carbonyl (C=O) groups is 6. The summed E-state index contributed by atoms with van der Waals surface area (Å²) in [5.41, 5.74) is -3.97. The van der Waals surface area contributed by atoms with E-state index in [1.54, 1.807) is 0 Å². The van der Waals surface area contributed by atoms with E-state index < -0.39 is 116 Å². The van der Waals surface area contributed by atoms with Crippen LogP contribution in [0.25, 0.3) is 0 Å². The van der Waals surface area contributed by atoms with Crippen LogP contribution in [0.2, 0.25) is 18.1 Å². The van der Waals surface area contributed by atoms with Gasteiger partial charge in [-0.15, -0.1) is 0 Å². The summed E-state index contributed by atoms with van der Waals surface area (Å²) >= 11 is 0. The molecule has 0 spiro atoms. The Balaban J connectivity index is 0.000000400. The van der Waals surface area contributed by atoms with Crippen LogP contribution in [0.15, 0.2) is 48.5 Å². The normalized spacial score (nSPS) is 16.0. The zero-order valence-electron chi connectivity index (χ0n) is 53.2. The number of carbonyl (C=O) groups excluding carboxylic acids is 4. The Morgan fingerprint density at radius 2 is 0.796 bits per heavy atom. The van der Waals surface area contributed by atoms with E-state index in [0.29, 0.717) is 19.3 Å². The van der Waals surface area contributed by atoms with Crippen LogP contribution < -0.4 is 37.9 Å². The number of hydrogen-bond acceptors (Lipinski definition) is 25. The highest BCUT2D eigenvalue weighted by molar-refractivity contribution is 6.74. The van der Waals surface area contributed by atoms with Gasteiger partial charge in [0.1, 0.15) is 34.5 Å². The van der Waals surface area contributed by atoms with Gasteiger partial charge in [-0.2, -0.15) is 0 Å². The maximum atomic E-state index is 14.1. The fourth-order valence-corrected chi connectivity index (χ4v) is 10.7. The van der Waals surface area contributed by atoms with E-state index in [-0.39, 0.29) is 127 Å². The van der Waals surface area contributed by atoms with Gasteiger partial charge in [0.2, 0.25) is 0 Å². The van der Waals surface area contributed by atoms with Crippen LogP contribution in [-0.4, -0.2) is 183 Å². The standard InChI is InChI=1S/C40H56N4O15Si.C19H18N2O12/c1-11-26-15-28(58-24(2)45)21-41(26)38(47)30-17-34(53-7)36(19-32(30)43(49)50)55-13-12-14-56-37-20-33(44(51)52)31(18-35(37)54-8)39(48)42-22-29(59-25(3)46)16-27(42)23-57-60(9,10)40(4,5)6;1-30-14-6-10(18(22)23)12(20(26)27)8-16(14)32-4-3-5-33-17-9-13(21(28)29)11(19(24)25)7-15(17)31-2/h17-20,26-29H,11-16,21-23H2,1-10H3;6-9H,3-5H2,1-2H3,(H,22,23)(H,24,25)/t26-,27+,28-,29-;/m1./s1. The molecule has 2 N–H and O–H groups in total. The van der Waals surface area contributed by atoms with E-state index in [1.807, 2.05) is 6.92 Å². The fourth-order valence-electron chi connectivity index (χ4n) is 9.68. The molecule has 2 amide bonds. The predicted octanol–water partition coefficient (Wildman–Crippen LogP) is 8.86. The highest BCUT2D eigenvalue weighted by Crippen LogP contribution is 2.42. The van der Waals surface area contributed by atoms with Gasteiger partial charge in [-0.3, -0.25) is 59.6 Å². The number of nitrogens with zero attached hydrogens (tertiary/aromatic N) is 6. The highest BCUT2D eigenvalue weighted by atomic mass is 28.4. The minimum atomic E-state index is -2.25. The molecule has 0 radical (unpaired) electrons. The van der Waals surface area contributed by atoms with Crippen molar-refractivity contribution < 1.29 is 110 Å². The molecule has 4 aromatic carbocycles. The van der Waals surface area contributed by atoms with Crippen LogP contribution in [0, 0.1) is 40.5 Å². The smallest absolute Gasteiger partial charge is 0.342 e. The number of ether oxygens (including phenoxy) is 10. The number of amides is 2. The Bertz CT molecular complexity index is 3400. The summed E-state index contributed by atoms with van der Waals surface area (Å²) < 4.78 is 60.7. The van der Waals surface area contributed by atoms with Gasteiger partial charge >= 0.3 is 23.9 Å². The van der Waals surface area contributed by atoms with Crippen LogP contribution in [0.1, 0.15) is 115 Å². The summed E-state index contributed by atoms with van der Waals surface area (Å²) in [4.78, 5) is 120. The molecule has 2 fully saturated rings. The number of benzene rings is 4. The summed E-state index contributed by atoms with van der Waals surface area (Å²) in [5.74, 6) is -5.36. The fraction of sp³-hybridized carbons (Fsp3) is 0.492. The van der Waals surface area contributed by atoms with E-state index in [9.17, 15) is 69.2 Å². The van der Waals surface area contributed by atoms with Crippen LogP contribution >= 0.6 is 0 Å². The number of hydrogen-bond donors (Lipinski definition) is 2. The number of methoxy groups -OCH3 is 4. The number of nitro groups is 4. The molecule has 2 aliphatic heterocycles. The number of likely N-dealkylation sites (tertiary alicyclic amines) is 2. The molecule has 2 aliphatic rings. The second-order valence-corrected chi connectivity index (χ2v) is 27.3. The van der Waals surface area contributed by atoms with Crippen LogP contribution in [-0.2, 0) is 23.5 Å². The van der Waals surface area contributed by atoms with E-state index in [0.717, 1.165) is 36.4 Å². The van der Waals surface area contributed by atoms with Gasteiger partial charge in [0.15, 0.2) is 54.3 Å². The van der Waals surface area contributed by atoms with Crippen molar-refractivity contribution in [1.29, 1.82) is 0 Å². The highest BCUT2D eigenvalue weighted by Gasteiger charge is 2.44. The molecule has 0 unspecified atom stereocenters. The molecule has 4 aromatic rings. The lowest BCUT2D eigenvalue weighted by Gasteiger charge is -2.37. The molecule has 6 rings (SSSR count). The maximum absolute atomic E-state index is 14.1. The average Bonchev–Trinajstić information content (AvgIpc) is 1.81. The monoisotopic (exact) mass is 1330 g/mol. The third-order valence-corrected chi connectivity index (χ3v) is 19.8. The van der Waals surface area contributed by atoms with E-state index >= 15 is 0 Å². The summed E-state index contributed by atoms with van der Waals surface area (Å²) in [6.45, 7) is 14.9. The Hall–Kier alpha value is -10.1. The van der Waals surface area contributed by atoms with E-state index in [2.05, 4.69) is 33.9 Å². The third kappa shape index (κ3) is 18.8. The van der Waals surface area contributed by atoms with E-state index in [4.69, 9.17) is 62.0 Å². The lowest BCUT2D eigenvalue weighted by atomic mass is 10.1. The average molecular weight is 1330 g/mol. The molecule has 0 saturated carbocycles. The van der Waals surface area contributed by atoms with Crippen molar-refractivity contribution in [2.24, 2.45) is 0 Å². The summed E-state index contributed by atoms with van der Waals surface area (Å²) in [6.07, 6.45) is 0.470. The molecule has 4 atom stereocenters. The summed E-state index contributed by atoms with van der Waals surface area (Å²) in [6, 6.07) is 7.69. The lowest BCUT2D eigenvalue weighted by Crippen LogP contribution is -2.46. The lowest BCUT2D eigenvalue weighted by molar-refractivity contribution is -0.385. The SMILES string of the molecule is CC[C@@H]1C[C@@H](OC(C)=O)CN1C(=O)c1cc(OC)c(OCCCOc2cc([N+](=O)[O-])c(C(=O)N3C[C@H](OC(C)=O)C[C@H]3CO[Si](C)(C)C(C)(C)C)cc2OC)cc1[N+](=O)[O-].COc1cc(C(=O)O)c([N+](=O)[O-])cc1OCCCOc1cc([N+](=O)[O-])c(C(=O)O)cc1OC. The topological polar surface area (TPSA) is 423 Å². The van der Waals surface area contributed by atoms with Crippen molar-refractivity contribution in [1.82, 2.24) is 9.80 Å². The number of carboxylic acids is 2. The zero-order valence-corrected chi connectivity index (χ0v) is 54.2. The van der Waals surface area contributed by atoms with Crippen LogP contribution in [0.4, 0.5) is 22.7 Å². The number of rotatable bonds is 30. The second kappa shape index (κ2) is 32.2. The summed E-state index contributed by atoms with van der Waals surface area (Å²) in [7, 11) is 2.88. The Morgan fingerprint density at radius 1 is 0.505 bits per heavy atom. The largest absolute Gasteiger partial charge is 0.493 e. The molecular weight excluding hydrogens is 1250 g/mol. The number of carboxylic acid groups (broad SMARTS) is 2. The van der Waals surface area contributed by atoms with Gasteiger partial charge in [0.05, 0.1) is 125 Å². The van der Waals surface area contributed by atoms with Crippen LogP contribution in [0.3, 0.4) is 0 Å². The molecule has 2 heterocycles. The molecular formula is C59H74N6O27Si. The first-order valence-corrected chi connectivity index (χ1v) is 31.7. The van der Waals surface area contributed by atoms with Crippen LogP contribution in [0.5, 0.6) is 46.0 Å². The molecule has 506 valence electrons. The first kappa shape index (κ1) is 73.6. The van der Waals surface area contributed by atoms with Gasteiger partial charge in [0.25, 0.3) is 34.6 Å². The van der Waals surface area contributed by atoms with Crippen molar-refractivity contribution in [2.45, 2.75) is 116 Å². The number of esters is 2. The quantitative estimate of drug-likeness (QED) is 0.0162. The number of aromatic carboxylic acids is 2. The molecule has 0 bridgehead atoms. The molecule has 34 heteroatoms. The summed E-state index contributed by atoms with van der Waals surface area (Å²) in [5, 5.41) is 65.0. The molecule has 93 heavy (non-hydrogen) atoms. The minimum absolute atomic E-state index is 0.00559. The minimum Gasteiger partial charge on any atom is -0.493 e. The third-order valence-electron chi connectivity index (χ3n) is 15.3. The van der Waals surface area contributed by atoms with Crippen molar-refractivity contribution >= 4 is 66.8 Å².